The lowest BCUT2D eigenvalue weighted by Crippen LogP contribution is -2.49. The summed E-state index contributed by atoms with van der Waals surface area (Å²) >= 11 is 0. The van der Waals surface area contributed by atoms with Crippen molar-refractivity contribution < 1.29 is 0 Å². The van der Waals surface area contributed by atoms with Gasteiger partial charge in [0.2, 0.25) is 0 Å². The first-order valence-corrected chi connectivity index (χ1v) is 9.30. The van der Waals surface area contributed by atoms with Gasteiger partial charge in [0.25, 0.3) is 0 Å². The van der Waals surface area contributed by atoms with Crippen LogP contribution in [0.4, 0.5) is 0 Å². The van der Waals surface area contributed by atoms with Crippen LogP contribution in [0.2, 0.25) is 0 Å². The maximum Gasteiger partial charge on any atom is 0.0220 e. The Hall–Kier alpha value is -0.120. The van der Waals surface area contributed by atoms with Crippen LogP contribution in [0, 0.1) is 11.8 Å². The largest absolute Gasteiger partial charge is 0.314 e. The molecule has 0 amide bonds. The maximum atomic E-state index is 3.76. The van der Waals surface area contributed by atoms with Crippen LogP contribution >= 0.6 is 0 Å². The highest BCUT2D eigenvalue weighted by Crippen LogP contribution is 2.30. The van der Waals surface area contributed by atoms with Gasteiger partial charge >= 0.3 is 0 Å². The minimum Gasteiger partial charge on any atom is -0.314 e. The molecule has 2 aliphatic rings. The second kappa shape index (κ2) is 8.50. The summed E-state index contributed by atoms with van der Waals surface area (Å²) in [7, 11) is 2.29. The Bertz CT molecular complexity index is 294. The molecular weight excluding hydrogens is 258 g/mol. The number of nitrogens with one attached hydrogen (secondary N) is 1. The predicted octanol–water partition coefficient (Wildman–Crippen LogP) is 2.82. The topological polar surface area (TPSA) is 18.5 Å². The van der Waals surface area contributed by atoms with Crippen molar-refractivity contribution in [1.29, 1.82) is 0 Å². The molecule has 3 heteroatoms. The molecule has 1 N–H and O–H groups in total. The van der Waals surface area contributed by atoms with Gasteiger partial charge in [-0.1, -0.05) is 20.8 Å². The molecule has 1 aliphatic carbocycles. The summed E-state index contributed by atoms with van der Waals surface area (Å²) in [5.41, 5.74) is 0. The molecular formula is C18H37N3. The number of hydrogen-bond donors (Lipinski definition) is 1. The van der Waals surface area contributed by atoms with E-state index in [1.165, 1.54) is 58.3 Å². The third kappa shape index (κ3) is 4.94. The molecule has 0 bridgehead atoms. The molecule has 0 radical (unpaired) electrons. The molecule has 2 rings (SSSR count). The Morgan fingerprint density at radius 3 is 2.67 bits per heavy atom. The van der Waals surface area contributed by atoms with Gasteiger partial charge in [0.1, 0.15) is 0 Å². The molecule has 1 saturated carbocycles. The van der Waals surface area contributed by atoms with E-state index in [1.54, 1.807) is 0 Å². The zero-order chi connectivity index (χ0) is 15.2. The van der Waals surface area contributed by atoms with Gasteiger partial charge in [-0.2, -0.15) is 0 Å². The fourth-order valence-electron chi connectivity index (χ4n) is 4.45. The van der Waals surface area contributed by atoms with E-state index in [0.717, 1.165) is 30.5 Å². The molecule has 4 unspecified atom stereocenters. The quantitative estimate of drug-likeness (QED) is 0.841. The van der Waals surface area contributed by atoms with E-state index in [2.05, 4.69) is 42.9 Å². The average molecular weight is 296 g/mol. The summed E-state index contributed by atoms with van der Waals surface area (Å²) in [4.78, 5) is 5.34. The molecule has 4 atom stereocenters. The van der Waals surface area contributed by atoms with Gasteiger partial charge in [0, 0.05) is 25.2 Å². The van der Waals surface area contributed by atoms with Crippen LogP contribution in [0.15, 0.2) is 0 Å². The van der Waals surface area contributed by atoms with Crippen LogP contribution in [0.3, 0.4) is 0 Å². The van der Waals surface area contributed by atoms with Crippen LogP contribution in [-0.2, 0) is 0 Å². The van der Waals surface area contributed by atoms with E-state index in [1.807, 2.05) is 0 Å². The Labute approximate surface area is 132 Å². The minimum atomic E-state index is 0.754. The van der Waals surface area contributed by atoms with Gasteiger partial charge in [0.15, 0.2) is 0 Å². The summed E-state index contributed by atoms with van der Waals surface area (Å²) in [6.07, 6.45) is 6.83. The minimum absolute atomic E-state index is 0.754. The highest BCUT2D eigenvalue weighted by molar-refractivity contribution is 4.88. The van der Waals surface area contributed by atoms with Gasteiger partial charge in [-0.25, -0.2) is 0 Å². The molecule has 0 aromatic carbocycles. The second-order valence-electron chi connectivity index (χ2n) is 7.52. The van der Waals surface area contributed by atoms with Crippen molar-refractivity contribution in [2.75, 3.05) is 39.8 Å². The van der Waals surface area contributed by atoms with E-state index in [9.17, 15) is 0 Å². The smallest absolute Gasteiger partial charge is 0.0220 e. The van der Waals surface area contributed by atoms with Crippen LogP contribution in [0.25, 0.3) is 0 Å². The van der Waals surface area contributed by atoms with E-state index in [4.69, 9.17) is 0 Å². The lowest BCUT2D eigenvalue weighted by atomic mass is 9.78. The first-order valence-electron chi connectivity index (χ1n) is 9.30. The number of nitrogens with zero attached hydrogens (tertiary/aromatic N) is 2. The van der Waals surface area contributed by atoms with E-state index in [0.29, 0.717) is 0 Å². The zero-order valence-corrected chi connectivity index (χ0v) is 14.8. The highest BCUT2D eigenvalue weighted by Gasteiger charge is 2.31. The molecule has 0 aromatic rings. The van der Waals surface area contributed by atoms with Gasteiger partial charge in [-0.05, 0) is 70.6 Å². The number of rotatable bonds is 5. The molecule has 2 fully saturated rings. The van der Waals surface area contributed by atoms with Gasteiger partial charge < -0.3 is 10.2 Å². The summed E-state index contributed by atoms with van der Waals surface area (Å²) in [5, 5.41) is 3.76. The lowest BCUT2D eigenvalue weighted by molar-refractivity contribution is 0.111. The molecule has 21 heavy (non-hydrogen) atoms. The van der Waals surface area contributed by atoms with Crippen LogP contribution in [-0.4, -0.2) is 61.7 Å². The number of likely N-dealkylation sites (N-methyl/N-ethyl adjacent to an activating group) is 1. The van der Waals surface area contributed by atoms with Crippen molar-refractivity contribution in [1.82, 2.24) is 15.1 Å². The average Bonchev–Trinajstić information content (AvgIpc) is 2.63. The third-order valence-corrected chi connectivity index (χ3v) is 5.68. The fraction of sp³-hybridized carbons (Fsp3) is 1.00. The molecule has 1 aliphatic heterocycles. The standard InChI is InChI=1S/C18H37N3/c1-5-17-14-20(4)10-7-11-21(17)13-16-12-15(3)8-9-18(16)19-6-2/h15-19H,5-14H2,1-4H3. The Morgan fingerprint density at radius 1 is 1.14 bits per heavy atom. The number of hydrogen-bond acceptors (Lipinski definition) is 3. The Balaban J connectivity index is 1.98. The molecule has 1 saturated heterocycles. The van der Waals surface area contributed by atoms with Gasteiger partial charge in [0.05, 0.1) is 0 Å². The summed E-state index contributed by atoms with van der Waals surface area (Å²) in [6.45, 7) is 13.3. The van der Waals surface area contributed by atoms with Crippen LogP contribution in [0.1, 0.15) is 52.9 Å². The van der Waals surface area contributed by atoms with E-state index < -0.39 is 0 Å². The molecule has 0 spiro atoms. The maximum absolute atomic E-state index is 3.76. The monoisotopic (exact) mass is 295 g/mol. The Kier molecular flexibility index (Phi) is 6.97. The molecule has 3 nitrogen and oxygen atoms in total. The van der Waals surface area contributed by atoms with Crippen molar-refractivity contribution in [3.8, 4) is 0 Å². The zero-order valence-electron chi connectivity index (χ0n) is 14.8. The first kappa shape index (κ1) is 17.2. The first-order chi connectivity index (χ1) is 10.1. The van der Waals surface area contributed by atoms with Gasteiger partial charge in [-0.3, -0.25) is 4.90 Å². The SMILES string of the molecule is CCNC1CCC(C)CC1CN1CCCN(C)CC1CC. The third-order valence-electron chi connectivity index (χ3n) is 5.68. The highest BCUT2D eigenvalue weighted by atomic mass is 15.2. The van der Waals surface area contributed by atoms with Crippen molar-refractivity contribution in [2.45, 2.75) is 65.0 Å². The van der Waals surface area contributed by atoms with Crippen molar-refractivity contribution in [2.24, 2.45) is 11.8 Å². The second-order valence-corrected chi connectivity index (χ2v) is 7.52. The summed E-state index contributed by atoms with van der Waals surface area (Å²) in [6, 6.07) is 1.52. The Morgan fingerprint density at radius 2 is 1.95 bits per heavy atom. The molecule has 124 valence electrons. The van der Waals surface area contributed by atoms with E-state index in [-0.39, 0.29) is 0 Å². The molecule has 1 heterocycles. The van der Waals surface area contributed by atoms with Crippen molar-refractivity contribution >= 4 is 0 Å². The van der Waals surface area contributed by atoms with E-state index >= 15 is 0 Å². The fourth-order valence-corrected chi connectivity index (χ4v) is 4.45. The van der Waals surface area contributed by atoms with Crippen LogP contribution in [0.5, 0.6) is 0 Å². The summed E-state index contributed by atoms with van der Waals surface area (Å²) < 4.78 is 0. The predicted molar refractivity (Wildman–Crippen MR) is 91.7 cm³/mol. The van der Waals surface area contributed by atoms with Crippen molar-refractivity contribution in [3.63, 3.8) is 0 Å². The summed E-state index contributed by atoms with van der Waals surface area (Å²) in [5.74, 6) is 1.77. The van der Waals surface area contributed by atoms with Gasteiger partial charge in [-0.15, -0.1) is 0 Å². The molecule has 0 aromatic heterocycles. The van der Waals surface area contributed by atoms with Crippen molar-refractivity contribution in [3.05, 3.63) is 0 Å². The van der Waals surface area contributed by atoms with Crippen LogP contribution < -0.4 is 5.32 Å². The lowest BCUT2D eigenvalue weighted by Gasteiger charge is -2.40. The normalized spacial score (nSPS) is 36.6.